The summed E-state index contributed by atoms with van der Waals surface area (Å²) in [5, 5.41) is 3.09. The molecule has 0 aliphatic carbocycles. The van der Waals surface area contributed by atoms with Crippen molar-refractivity contribution in [1.82, 2.24) is 15.1 Å². The van der Waals surface area contributed by atoms with Gasteiger partial charge < -0.3 is 14.5 Å². The van der Waals surface area contributed by atoms with Crippen LogP contribution in [0.3, 0.4) is 0 Å². The first-order valence-corrected chi connectivity index (χ1v) is 11.0. The summed E-state index contributed by atoms with van der Waals surface area (Å²) >= 11 is 1.47. The van der Waals surface area contributed by atoms with Crippen LogP contribution in [0.15, 0.2) is 59.6 Å². The van der Waals surface area contributed by atoms with Gasteiger partial charge in [-0.1, -0.05) is 42.1 Å². The van der Waals surface area contributed by atoms with E-state index in [4.69, 9.17) is 4.74 Å². The highest BCUT2D eigenvalue weighted by molar-refractivity contribution is 8.13. The number of hydrogen-bond acceptors (Lipinski definition) is 6. The van der Waals surface area contributed by atoms with Crippen molar-refractivity contribution in [2.75, 3.05) is 20.2 Å². The van der Waals surface area contributed by atoms with Gasteiger partial charge >= 0.3 is 6.03 Å². The van der Waals surface area contributed by atoms with Gasteiger partial charge in [0.25, 0.3) is 5.91 Å². The van der Waals surface area contributed by atoms with E-state index in [-0.39, 0.29) is 11.7 Å². The number of urea groups is 1. The van der Waals surface area contributed by atoms with Crippen LogP contribution in [-0.4, -0.2) is 59.3 Å². The highest BCUT2D eigenvalue weighted by Gasteiger charge is 2.48. The maximum atomic E-state index is 13.2. The molecule has 2 heterocycles. The van der Waals surface area contributed by atoms with Crippen molar-refractivity contribution < 1.29 is 18.7 Å². The minimum absolute atomic E-state index is 0.283. The number of carbonyl (C=O) groups excluding carboxylic acids is 2. The first-order chi connectivity index (χ1) is 15.0. The lowest BCUT2D eigenvalue weighted by Gasteiger charge is -2.36. The van der Waals surface area contributed by atoms with E-state index in [1.165, 1.54) is 28.8 Å². The molecule has 1 fully saturated rings. The summed E-state index contributed by atoms with van der Waals surface area (Å²) in [7, 11) is 1.63. The molecule has 2 aliphatic heterocycles. The Morgan fingerprint density at radius 1 is 1.13 bits per heavy atom. The number of amidine groups is 1. The number of benzene rings is 2. The molecule has 2 unspecified atom stereocenters. The molecule has 0 bridgehead atoms. The summed E-state index contributed by atoms with van der Waals surface area (Å²) in [5.74, 6) is 0.740. The first kappa shape index (κ1) is 21.2. The molecule has 0 spiro atoms. The van der Waals surface area contributed by atoms with Crippen LogP contribution in [0.4, 0.5) is 9.18 Å². The maximum absolute atomic E-state index is 13.2. The molecule has 7 nitrogen and oxygen atoms in total. The zero-order valence-electron chi connectivity index (χ0n) is 17.0. The predicted molar refractivity (Wildman–Crippen MR) is 117 cm³/mol. The number of rotatable bonds is 7. The average molecular weight is 443 g/mol. The van der Waals surface area contributed by atoms with Crippen molar-refractivity contribution in [3.63, 3.8) is 0 Å². The van der Waals surface area contributed by atoms with Gasteiger partial charge in [0.1, 0.15) is 11.6 Å². The lowest BCUT2D eigenvalue weighted by atomic mass is 10.1. The molecule has 162 valence electrons. The molecule has 4 rings (SSSR count). The maximum Gasteiger partial charge on any atom is 0.325 e. The van der Waals surface area contributed by atoms with Gasteiger partial charge in [0.2, 0.25) is 0 Å². The van der Waals surface area contributed by atoms with Crippen molar-refractivity contribution in [1.29, 1.82) is 0 Å². The molecular formula is C22H23FN4O3S. The molecule has 0 saturated carbocycles. The number of nitrogens with one attached hydrogen (secondary N) is 1. The monoisotopic (exact) mass is 442 g/mol. The minimum atomic E-state index is -0.574. The topological polar surface area (TPSA) is 74.2 Å². The second kappa shape index (κ2) is 9.38. The molecule has 3 amide bonds. The second-order valence-electron chi connectivity index (χ2n) is 7.30. The number of likely N-dealkylation sites (N-methyl/N-ethyl adjacent to an activating group) is 1. The van der Waals surface area contributed by atoms with E-state index in [0.717, 1.165) is 11.3 Å². The summed E-state index contributed by atoms with van der Waals surface area (Å²) in [6, 6.07) is 14.8. The van der Waals surface area contributed by atoms with Crippen LogP contribution in [-0.2, 0) is 10.5 Å². The van der Waals surface area contributed by atoms with E-state index in [1.807, 2.05) is 35.2 Å². The Labute approximate surface area is 184 Å². The number of nitrogens with zero attached hydrogens (tertiary/aromatic N) is 3. The molecule has 2 atom stereocenters. The Kier molecular flexibility index (Phi) is 6.41. The zero-order chi connectivity index (χ0) is 21.8. The van der Waals surface area contributed by atoms with Crippen molar-refractivity contribution in [3.05, 3.63) is 66.0 Å². The Bertz CT molecular complexity index is 970. The lowest BCUT2D eigenvalue weighted by Crippen LogP contribution is -2.63. The van der Waals surface area contributed by atoms with Gasteiger partial charge in [-0.15, -0.1) is 0 Å². The van der Waals surface area contributed by atoms with Gasteiger partial charge in [-0.05, 0) is 36.2 Å². The highest BCUT2D eigenvalue weighted by Crippen LogP contribution is 2.30. The third-order valence-electron chi connectivity index (χ3n) is 5.16. The molecule has 9 heteroatoms. The van der Waals surface area contributed by atoms with Crippen LogP contribution in [0, 0.1) is 5.82 Å². The van der Waals surface area contributed by atoms with Crippen molar-refractivity contribution in [2.45, 2.75) is 24.4 Å². The molecule has 2 aliphatic rings. The number of thioether (sulfide) groups is 1. The highest BCUT2D eigenvalue weighted by atomic mass is 32.2. The molecule has 31 heavy (non-hydrogen) atoms. The van der Waals surface area contributed by atoms with Crippen molar-refractivity contribution >= 4 is 28.9 Å². The van der Waals surface area contributed by atoms with Crippen LogP contribution in [0.2, 0.25) is 0 Å². The Morgan fingerprint density at radius 3 is 2.61 bits per heavy atom. The molecule has 1 saturated heterocycles. The SMILES string of the molecule is CN1C(=O)NC(=O)C2C1N=C(SCc1ccc(F)cc1)N2CCCOc1ccccc1. The van der Waals surface area contributed by atoms with Crippen molar-refractivity contribution in [2.24, 2.45) is 4.99 Å². The van der Waals surface area contributed by atoms with Gasteiger partial charge in [-0.2, -0.15) is 0 Å². The summed E-state index contributed by atoms with van der Waals surface area (Å²) in [6.45, 7) is 1.04. The van der Waals surface area contributed by atoms with Crippen LogP contribution >= 0.6 is 11.8 Å². The third kappa shape index (κ3) is 4.82. The molecule has 1 N–H and O–H groups in total. The number of aliphatic imine (C=N–C) groups is 1. The fourth-order valence-electron chi connectivity index (χ4n) is 3.53. The van der Waals surface area contributed by atoms with Crippen molar-refractivity contribution in [3.8, 4) is 5.75 Å². The largest absolute Gasteiger partial charge is 0.494 e. The summed E-state index contributed by atoms with van der Waals surface area (Å²) in [6.07, 6.45) is 0.117. The fourth-order valence-corrected chi connectivity index (χ4v) is 4.57. The number of ether oxygens (including phenoxy) is 1. The number of imide groups is 1. The van der Waals surface area contributed by atoms with Gasteiger partial charge in [-0.25, -0.2) is 14.2 Å². The minimum Gasteiger partial charge on any atom is -0.494 e. The van der Waals surface area contributed by atoms with E-state index < -0.39 is 18.2 Å². The third-order valence-corrected chi connectivity index (χ3v) is 6.23. The molecule has 2 aromatic rings. The summed E-state index contributed by atoms with van der Waals surface area (Å²) in [4.78, 5) is 32.7. The number of para-hydroxylation sites is 1. The Hall–Kier alpha value is -3.07. The number of halogens is 1. The van der Waals surface area contributed by atoms with Gasteiger partial charge in [0.15, 0.2) is 17.4 Å². The predicted octanol–water partition coefficient (Wildman–Crippen LogP) is 3.08. The van der Waals surface area contributed by atoms with Crippen LogP contribution in [0.1, 0.15) is 12.0 Å². The summed E-state index contributed by atoms with van der Waals surface area (Å²) < 4.78 is 18.9. The number of carbonyl (C=O) groups is 2. The number of amides is 3. The molecule has 2 aromatic carbocycles. The fraction of sp³-hybridized carbons (Fsp3) is 0.318. The van der Waals surface area contributed by atoms with E-state index in [1.54, 1.807) is 19.2 Å². The summed E-state index contributed by atoms with van der Waals surface area (Å²) in [5.41, 5.74) is 0.949. The first-order valence-electron chi connectivity index (χ1n) is 10.00. The van der Waals surface area contributed by atoms with Crippen LogP contribution in [0.25, 0.3) is 0 Å². The second-order valence-corrected chi connectivity index (χ2v) is 8.24. The molecule has 0 aromatic heterocycles. The Balaban J connectivity index is 1.43. The van der Waals surface area contributed by atoms with Crippen LogP contribution in [0.5, 0.6) is 5.75 Å². The van der Waals surface area contributed by atoms with E-state index >= 15 is 0 Å². The molecular weight excluding hydrogens is 419 g/mol. The van der Waals surface area contributed by atoms with Gasteiger partial charge in [-0.3, -0.25) is 10.1 Å². The van der Waals surface area contributed by atoms with Gasteiger partial charge in [0.05, 0.1) is 6.61 Å². The standard InChI is InChI=1S/C22H23FN4O3S/c1-26-19-18(20(28)25-21(26)29)27(12-5-13-30-17-6-3-2-4-7-17)22(24-19)31-14-15-8-10-16(23)11-9-15/h2-4,6-11,18-19H,5,12-14H2,1H3,(H,25,28,29). The smallest absolute Gasteiger partial charge is 0.325 e. The normalized spacial score (nSPS) is 20.4. The van der Waals surface area contributed by atoms with E-state index in [0.29, 0.717) is 30.5 Å². The van der Waals surface area contributed by atoms with E-state index in [2.05, 4.69) is 10.3 Å². The van der Waals surface area contributed by atoms with Crippen LogP contribution < -0.4 is 10.1 Å². The average Bonchev–Trinajstić information content (AvgIpc) is 3.14. The van der Waals surface area contributed by atoms with E-state index in [9.17, 15) is 14.0 Å². The Morgan fingerprint density at radius 2 is 1.87 bits per heavy atom. The quantitative estimate of drug-likeness (QED) is 0.667. The number of fused-ring (bicyclic) bond motifs is 1. The molecule has 0 radical (unpaired) electrons. The van der Waals surface area contributed by atoms with Gasteiger partial charge in [0, 0.05) is 19.3 Å². The lowest BCUT2D eigenvalue weighted by molar-refractivity contribution is -0.127. The number of hydrogen-bond donors (Lipinski definition) is 1. The zero-order valence-corrected chi connectivity index (χ0v) is 17.8.